The fraction of sp³-hybridized carbons (Fsp3) is 1.00. The van der Waals surface area contributed by atoms with Crippen LogP contribution in [0.4, 0.5) is 0 Å². The first-order valence-electron chi connectivity index (χ1n) is 4.78. The van der Waals surface area contributed by atoms with Gasteiger partial charge in [0.25, 0.3) is 0 Å². The van der Waals surface area contributed by atoms with Crippen molar-refractivity contribution >= 4 is 10.0 Å². The van der Waals surface area contributed by atoms with Crippen LogP contribution in [0.5, 0.6) is 0 Å². The second-order valence-corrected chi connectivity index (χ2v) is 4.71. The van der Waals surface area contributed by atoms with Crippen molar-refractivity contribution in [1.82, 2.24) is 0 Å². The van der Waals surface area contributed by atoms with Crippen LogP contribution >= 0.6 is 0 Å². The highest BCUT2D eigenvalue weighted by atomic mass is 28.3. The van der Waals surface area contributed by atoms with Gasteiger partial charge in [0.15, 0.2) is 0 Å². The molecule has 12 heavy (non-hydrogen) atoms. The maximum atomic E-state index is 5.72. The maximum Gasteiger partial charge on any atom is 0.304 e. The third kappa shape index (κ3) is 4.90. The fourth-order valence-corrected chi connectivity index (χ4v) is 2.55. The highest BCUT2D eigenvalue weighted by Gasteiger charge is 2.17. The van der Waals surface area contributed by atoms with Crippen LogP contribution < -0.4 is 0 Å². The Labute approximate surface area is 78.7 Å². The molecular formula is C9H22O2Si. The van der Waals surface area contributed by atoms with Gasteiger partial charge in [-0.25, -0.2) is 0 Å². The summed E-state index contributed by atoms with van der Waals surface area (Å²) in [6, 6.07) is 0. The molecule has 0 amide bonds. The average Bonchev–Trinajstić information content (AvgIpc) is 1.96. The molecule has 0 aliphatic rings. The van der Waals surface area contributed by atoms with Gasteiger partial charge in [0.1, 0.15) is 0 Å². The minimum absolute atomic E-state index is 0.378. The molecule has 0 atom stereocenters. The molecule has 0 aromatic carbocycles. The van der Waals surface area contributed by atoms with Crippen molar-refractivity contribution in [2.45, 2.75) is 40.7 Å². The lowest BCUT2D eigenvalue weighted by atomic mass is 9.97. The molecule has 0 aliphatic heterocycles. The lowest BCUT2D eigenvalue weighted by Gasteiger charge is -2.25. The van der Waals surface area contributed by atoms with Gasteiger partial charge < -0.3 is 8.85 Å². The summed E-state index contributed by atoms with van der Waals surface area (Å²) < 4.78 is 11.0. The van der Waals surface area contributed by atoms with E-state index in [-0.39, 0.29) is 0 Å². The molecule has 0 rings (SSSR count). The van der Waals surface area contributed by atoms with Crippen LogP contribution in [0.15, 0.2) is 0 Å². The van der Waals surface area contributed by atoms with E-state index >= 15 is 0 Å². The van der Waals surface area contributed by atoms with Gasteiger partial charge in [-0.2, -0.15) is 0 Å². The number of hydrogen-bond donors (Lipinski definition) is 0. The Bertz CT molecular complexity index is 96.7. The highest BCUT2D eigenvalue weighted by molar-refractivity contribution is 6.18. The maximum absolute atomic E-state index is 5.72. The normalized spacial score (nSPS) is 13.0. The largest absolute Gasteiger partial charge is 0.399 e. The van der Waals surface area contributed by atoms with Gasteiger partial charge in [-0.05, 0) is 18.8 Å². The molecule has 0 spiro atoms. The molecule has 74 valence electrons. The smallest absolute Gasteiger partial charge is 0.304 e. The quantitative estimate of drug-likeness (QED) is 0.469. The predicted molar refractivity (Wildman–Crippen MR) is 54.7 cm³/mol. The minimum Gasteiger partial charge on any atom is -0.399 e. The van der Waals surface area contributed by atoms with E-state index in [1.54, 1.807) is 0 Å². The third-order valence-corrected chi connectivity index (χ3v) is 2.96. The molecule has 0 heterocycles. The van der Waals surface area contributed by atoms with Gasteiger partial charge in [0, 0.05) is 6.61 Å². The van der Waals surface area contributed by atoms with E-state index in [2.05, 4.69) is 27.7 Å². The topological polar surface area (TPSA) is 18.5 Å². The summed E-state index contributed by atoms with van der Waals surface area (Å²) >= 11 is 0. The Balaban J connectivity index is 3.64. The molecule has 0 N–H and O–H groups in total. The van der Waals surface area contributed by atoms with Gasteiger partial charge in [-0.3, -0.25) is 0 Å². The first-order valence-corrected chi connectivity index (χ1v) is 5.94. The Kier molecular flexibility index (Phi) is 6.71. The molecule has 0 radical (unpaired) electrons. The molecule has 0 aromatic heterocycles. The second-order valence-electron chi connectivity index (χ2n) is 3.73. The van der Waals surface area contributed by atoms with E-state index in [0.717, 1.165) is 6.61 Å². The molecule has 0 saturated heterocycles. The van der Waals surface area contributed by atoms with Crippen molar-refractivity contribution in [3.63, 3.8) is 0 Å². The first-order chi connectivity index (χ1) is 5.59. The molecular weight excluding hydrogens is 168 g/mol. The molecule has 3 heteroatoms. The van der Waals surface area contributed by atoms with Crippen molar-refractivity contribution in [2.75, 3.05) is 6.61 Å². The van der Waals surface area contributed by atoms with Crippen molar-refractivity contribution in [3.8, 4) is 0 Å². The Hall–Kier alpha value is 0.137. The minimum atomic E-state index is -0.722. The SMILES string of the molecule is CCO[SiH2]OC(C(C)C)C(C)C. The Morgan fingerprint density at radius 1 is 1.08 bits per heavy atom. The van der Waals surface area contributed by atoms with Gasteiger partial charge in [0.2, 0.25) is 0 Å². The van der Waals surface area contributed by atoms with Crippen LogP contribution in [0.3, 0.4) is 0 Å². The predicted octanol–water partition coefficient (Wildman–Crippen LogP) is 1.72. The van der Waals surface area contributed by atoms with E-state index in [0.29, 0.717) is 17.9 Å². The summed E-state index contributed by atoms with van der Waals surface area (Å²) in [5.41, 5.74) is 0. The summed E-state index contributed by atoms with van der Waals surface area (Å²) in [6.07, 6.45) is 0.378. The van der Waals surface area contributed by atoms with Crippen molar-refractivity contribution in [3.05, 3.63) is 0 Å². The van der Waals surface area contributed by atoms with Crippen LogP contribution in [0, 0.1) is 11.8 Å². The van der Waals surface area contributed by atoms with Crippen LogP contribution in [-0.4, -0.2) is 22.7 Å². The van der Waals surface area contributed by atoms with Crippen LogP contribution in [0.2, 0.25) is 0 Å². The summed E-state index contributed by atoms with van der Waals surface area (Å²) in [5, 5.41) is 0. The van der Waals surface area contributed by atoms with Gasteiger partial charge in [0.05, 0.1) is 6.10 Å². The monoisotopic (exact) mass is 190 g/mol. The number of hydrogen-bond acceptors (Lipinski definition) is 2. The molecule has 2 nitrogen and oxygen atoms in total. The van der Waals surface area contributed by atoms with Crippen molar-refractivity contribution in [2.24, 2.45) is 11.8 Å². The molecule has 0 fully saturated rings. The highest BCUT2D eigenvalue weighted by Crippen LogP contribution is 2.15. The van der Waals surface area contributed by atoms with E-state index in [1.165, 1.54) is 0 Å². The van der Waals surface area contributed by atoms with E-state index in [9.17, 15) is 0 Å². The molecule has 0 aliphatic carbocycles. The van der Waals surface area contributed by atoms with Crippen LogP contribution in [0.1, 0.15) is 34.6 Å². The molecule has 0 unspecified atom stereocenters. The first kappa shape index (κ1) is 12.1. The van der Waals surface area contributed by atoms with Gasteiger partial charge >= 0.3 is 10.0 Å². The zero-order valence-corrected chi connectivity index (χ0v) is 10.4. The van der Waals surface area contributed by atoms with Gasteiger partial charge in [-0.1, -0.05) is 27.7 Å². The standard InChI is InChI=1S/C9H22O2Si/c1-6-10-12-11-9(7(2)3)8(4)5/h7-9H,6,12H2,1-5H3. The lowest BCUT2D eigenvalue weighted by Crippen LogP contribution is -2.28. The lowest BCUT2D eigenvalue weighted by molar-refractivity contribution is 0.0822. The molecule has 0 saturated carbocycles. The summed E-state index contributed by atoms with van der Waals surface area (Å²) in [6.45, 7) is 11.6. The third-order valence-electron chi connectivity index (χ3n) is 1.86. The van der Waals surface area contributed by atoms with E-state index in [4.69, 9.17) is 8.85 Å². The average molecular weight is 190 g/mol. The van der Waals surface area contributed by atoms with E-state index in [1.807, 2.05) is 6.92 Å². The van der Waals surface area contributed by atoms with Crippen LogP contribution in [-0.2, 0) is 8.85 Å². The van der Waals surface area contributed by atoms with Crippen molar-refractivity contribution in [1.29, 1.82) is 0 Å². The number of rotatable bonds is 6. The summed E-state index contributed by atoms with van der Waals surface area (Å²) in [5.74, 6) is 1.19. The zero-order chi connectivity index (χ0) is 9.56. The summed E-state index contributed by atoms with van der Waals surface area (Å²) in [7, 11) is -0.722. The van der Waals surface area contributed by atoms with Gasteiger partial charge in [-0.15, -0.1) is 0 Å². The summed E-state index contributed by atoms with van der Waals surface area (Å²) in [4.78, 5) is 0. The van der Waals surface area contributed by atoms with Crippen molar-refractivity contribution < 1.29 is 8.85 Å². The second kappa shape index (κ2) is 6.63. The Morgan fingerprint density at radius 3 is 1.92 bits per heavy atom. The molecule has 0 bridgehead atoms. The van der Waals surface area contributed by atoms with Crippen LogP contribution in [0.25, 0.3) is 0 Å². The fourth-order valence-electron chi connectivity index (χ4n) is 1.36. The zero-order valence-electron chi connectivity index (χ0n) is 8.96. The van der Waals surface area contributed by atoms with E-state index < -0.39 is 10.0 Å². The Morgan fingerprint density at radius 2 is 1.58 bits per heavy atom. The molecule has 0 aromatic rings.